The Balaban J connectivity index is 3.43. The van der Waals surface area contributed by atoms with Crippen molar-refractivity contribution in [3.8, 4) is 0 Å². The van der Waals surface area contributed by atoms with Crippen LogP contribution in [0.5, 0.6) is 0 Å². The lowest BCUT2D eigenvalue weighted by atomic mass is 10.3. The van der Waals surface area contributed by atoms with Crippen molar-refractivity contribution in [2.24, 2.45) is 0 Å². The molecule has 0 radical (unpaired) electrons. The highest BCUT2D eigenvalue weighted by Crippen LogP contribution is 1.91. The zero-order chi connectivity index (χ0) is 12.5. The molecule has 0 amide bonds. The average Bonchev–Trinajstić information content (AvgIpc) is 2.32. The third kappa shape index (κ3) is 5.79. The molecule has 0 aliphatic heterocycles. The molecule has 86 valence electrons. The first kappa shape index (κ1) is 13.3. The van der Waals surface area contributed by atoms with Gasteiger partial charge in [-0.3, -0.25) is 0 Å². The van der Waals surface area contributed by atoms with Crippen LogP contribution in [0.2, 0.25) is 0 Å². The predicted molar refractivity (Wildman–Crippen MR) is 79.2 cm³/mol. The van der Waals surface area contributed by atoms with E-state index >= 15 is 0 Å². The lowest BCUT2D eigenvalue weighted by Crippen LogP contribution is -1.94. The molecule has 1 aromatic rings. The van der Waals surface area contributed by atoms with Crippen molar-refractivity contribution >= 4 is 25.8 Å². The fourth-order valence-electron chi connectivity index (χ4n) is 1.12. The van der Waals surface area contributed by atoms with Crippen molar-refractivity contribution in [1.29, 1.82) is 0 Å². The van der Waals surface area contributed by atoms with E-state index in [1.54, 1.807) is 0 Å². The maximum Gasteiger partial charge on any atom is 0.0107 e. The van der Waals surface area contributed by atoms with Crippen molar-refractivity contribution in [3.63, 3.8) is 0 Å². The summed E-state index contributed by atoms with van der Waals surface area (Å²) in [5, 5.41) is 1.83. The van der Waals surface area contributed by atoms with E-state index in [0.717, 1.165) is 15.3 Å². The summed E-state index contributed by atoms with van der Waals surface area (Å²) in [6, 6.07) is 21.3. The van der Waals surface area contributed by atoms with Crippen LogP contribution in [-0.2, 0) is 0 Å². The van der Waals surface area contributed by atoms with Gasteiger partial charge in [-0.15, -0.1) is 12.6 Å². The van der Waals surface area contributed by atoms with Crippen LogP contribution in [0.1, 0.15) is 0 Å². The minimum Gasteiger partial charge on any atom is -0.143 e. The second-order valence-corrected chi connectivity index (χ2v) is 3.98. The van der Waals surface area contributed by atoms with Crippen molar-refractivity contribution in [2.45, 2.75) is 4.90 Å². The molecule has 0 aliphatic rings. The predicted octanol–water partition coefficient (Wildman–Crippen LogP) is 3.04. The summed E-state index contributed by atoms with van der Waals surface area (Å²) in [5.41, 5.74) is 0. The van der Waals surface area contributed by atoms with Crippen LogP contribution in [0, 0.1) is 0 Å². The summed E-state index contributed by atoms with van der Waals surface area (Å²) in [7, 11) is 0. The van der Waals surface area contributed by atoms with E-state index in [1.165, 1.54) is 0 Å². The third-order valence-electron chi connectivity index (χ3n) is 2.06. The van der Waals surface area contributed by atoms with Gasteiger partial charge in [0.2, 0.25) is 0 Å². The molecule has 0 aromatic heterocycles. The van der Waals surface area contributed by atoms with E-state index in [4.69, 9.17) is 0 Å². The lowest BCUT2D eigenvalue weighted by Gasteiger charge is -1.82. The van der Waals surface area contributed by atoms with Crippen molar-refractivity contribution < 1.29 is 0 Å². The molecule has 1 aromatic carbocycles. The molecule has 0 saturated carbocycles. The molecular formula is C16H16S. The highest BCUT2D eigenvalue weighted by molar-refractivity contribution is 7.80. The van der Waals surface area contributed by atoms with Gasteiger partial charge in [0.1, 0.15) is 0 Å². The first-order chi connectivity index (χ1) is 8.20. The molecule has 0 spiro atoms. The highest BCUT2D eigenvalue weighted by atomic mass is 32.1. The SMILES string of the molecule is C=c1cccccccc(S)c(=C)cccc1. The molecule has 0 nitrogen and oxygen atoms in total. The lowest BCUT2D eigenvalue weighted by molar-refractivity contribution is 1.43. The topological polar surface area (TPSA) is 0 Å². The Kier molecular flexibility index (Phi) is 5.91. The van der Waals surface area contributed by atoms with Gasteiger partial charge >= 0.3 is 0 Å². The van der Waals surface area contributed by atoms with Crippen LogP contribution in [-0.4, -0.2) is 0 Å². The van der Waals surface area contributed by atoms with Crippen molar-refractivity contribution in [1.82, 2.24) is 0 Å². The number of rotatable bonds is 0. The normalized spacial score (nSPS) is 8.76. The Labute approximate surface area is 108 Å². The molecule has 0 saturated heterocycles. The molecule has 0 unspecified atom stereocenters. The Bertz CT molecular complexity index is 573. The molecule has 1 heteroatoms. The second-order valence-electron chi connectivity index (χ2n) is 3.50. The van der Waals surface area contributed by atoms with Crippen molar-refractivity contribution in [3.05, 3.63) is 77.2 Å². The largest absolute Gasteiger partial charge is 0.143 e. The van der Waals surface area contributed by atoms with Gasteiger partial charge in [-0.2, -0.15) is 0 Å². The zero-order valence-electron chi connectivity index (χ0n) is 9.71. The molecule has 0 bridgehead atoms. The standard InChI is InChI=1S/C16H16S/c1-14-10-6-4-3-5-7-13-16(17)15(2)12-9-8-11-14/h3-13,17H,1-2H2. The van der Waals surface area contributed by atoms with Gasteiger partial charge in [0, 0.05) is 4.90 Å². The highest BCUT2D eigenvalue weighted by Gasteiger charge is 1.76. The van der Waals surface area contributed by atoms with Crippen LogP contribution < -0.4 is 10.4 Å². The molecule has 0 fully saturated rings. The summed E-state index contributed by atoms with van der Waals surface area (Å²) < 4.78 is 0. The molecule has 0 aliphatic carbocycles. The number of hydrogen-bond acceptors (Lipinski definition) is 1. The molecule has 0 atom stereocenters. The minimum absolute atomic E-state index is 0.853. The van der Waals surface area contributed by atoms with E-state index in [2.05, 4.69) is 25.8 Å². The van der Waals surface area contributed by atoms with E-state index < -0.39 is 0 Å². The van der Waals surface area contributed by atoms with Crippen LogP contribution >= 0.6 is 12.6 Å². The van der Waals surface area contributed by atoms with Gasteiger partial charge in [-0.25, -0.2) is 0 Å². The molecule has 1 rings (SSSR count). The van der Waals surface area contributed by atoms with Crippen molar-refractivity contribution in [2.75, 3.05) is 0 Å². The van der Waals surface area contributed by atoms with Crippen LogP contribution in [0.15, 0.2) is 71.6 Å². The van der Waals surface area contributed by atoms with Gasteiger partial charge in [-0.1, -0.05) is 73.8 Å². The first-order valence-corrected chi connectivity index (χ1v) is 5.78. The van der Waals surface area contributed by atoms with E-state index in [0.29, 0.717) is 0 Å². The van der Waals surface area contributed by atoms with Gasteiger partial charge in [0.25, 0.3) is 0 Å². The quantitative estimate of drug-likeness (QED) is 0.662. The molecular weight excluding hydrogens is 224 g/mol. The first-order valence-electron chi connectivity index (χ1n) is 5.34. The van der Waals surface area contributed by atoms with Crippen LogP contribution in [0.3, 0.4) is 0 Å². The Morgan fingerprint density at radius 2 is 1.12 bits per heavy atom. The van der Waals surface area contributed by atoms with Gasteiger partial charge < -0.3 is 0 Å². The van der Waals surface area contributed by atoms with Crippen LogP contribution in [0.25, 0.3) is 13.2 Å². The fourth-order valence-corrected chi connectivity index (χ4v) is 1.28. The summed E-state index contributed by atoms with van der Waals surface area (Å²) in [6.45, 7) is 7.84. The summed E-state index contributed by atoms with van der Waals surface area (Å²) >= 11 is 4.36. The Hall–Kier alpha value is -1.73. The fraction of sp³-hybridized carbons (Fsp3) is 0. The smallest absolute Gasteiger partial charge is 0.0107 e. The number of thiol groups is 1. The van der Waals surface area contributed by atoms with Gasteiger partial charge in [-0.05, 0) is 16.5 Å². The second kappa shape index (κ2) is 7.53. The van der Waals surface area contributed by atoms with Crippen LogP contribution in [0.4, 0.5) is 0 Å². The van der Waals surface area contributed by atoms with Gasteiger partial charge in [0.05, 0.1) is 0 Å². The molecule has 0 heterocycles. The third-order valence-corrected chi connectivity index (χ3v) is 2.49. The summed E-state index contributed by atoms with van der Waals surface area (Å²) in [4.78, 5) is 0.853. The molecule has 0 N–H and O–H groups in total. The number of hydrogen-bond donors (Lipinski definition) is 1. The minimum atomic E-state index is 0.853. The van der Waals surface area contributed by atoms with Gasteiger partial charge in [0.15, 0.2) is 0 Å². The molecule has 17 heavy (non-hydrogen) atoms. The Morgan fingerprint density at radius 3 is 1.82 bits per heavy atom. The zero-order valence-corrected chi connectivity index (χ0v) is 10.6. The van der Waals surface area contributed by atoms with E-state index in [1.807, 2.05) is 66.7 Å². The van der Waals surface area contributed by atoms with E-state index in [9.17, 15) is 0 Å². The summed E-state index contributed by atoms with van der Waals surface area (Å²) in [6.07, 6.45) is 0. The average molecular weight is 240 g/mol. The summed E-state index contributed by atoms with van der Waals surface area (Å²) in [5.74, 6) is 0. The maximum atomic E-state index is 4.36. The Morgan fingerprint density at radius 1 is 0.647 bits per heavy atom. The maximum absolute atomic E-state index is 4.36. The monoisotopic (exact) mass is 240 g/mol. The van der Waals surface area contributed by atoms with E-state index in [-0.39, 0.29) is 0 Å².